The maximum Gasteiger partial charge on any atom is 0.187 e. The van der Waals surface area contributed by atoms with Crippen LogP contribution in [0.1, 0.15) is 113 Å². The lowest BCUT2D eigenvalue weighted by molar-refractivity contribution is -0.366. The van der Waals surface area contributed by atoms with Gasteiger partial charge in [-0.3, -0.25) is 0 Å². The van der Waals surface area contributed by atoms with Crippen LogP contribution < -0.4 is 0 Å². The zero-order valence-electron chi connectivity index (χ0n) is 34.5. The molecule has 0 bridgehead atoms. The summed E-state index contributed by atoms with van der Waals surface area (Å²) in [5.74, 6) is 0.0125. The lowest BCUT2D eigenvalue weighted by atomic mass is 9.41. The Morgan fingerprint density at radius 2 is 1.36 bits per heavy atom. The number of rotatable bonds is 7. The molecule has 2 spiro atoms. The van der Waals surface area contributed by atoms with Gasteiger partial charge in [0, 0.05) is 5.92 Å². The first-order valence-corrected chi connectivity index (χ1v) is 21.3. The predicted octanol–water partition coefficient (Wildman–Crippen LogP) is 1.11. The van der Waals surface area contributed by atoms with Crippen molar-refractivity contribution in [3.63, 3.8) is 0 Å². The number of hydrogen-bond donors (Lipinski definition) is 9. The van der Waals surface area contributed by atoms with Crippen LogP contribution in [0.3, 0.4) is 0 Å². The molecule has 0 unspecified atom stereocenters. The summed E-state index contributed by atoms with van der Waals surface area (Å²) in [4.78, 5) is 0. The van der Waals surface area contributed by atoms with Gasteiger partial charge in [-0.15, -0.1) is 0 Å². The Balaban J connectivity index is 0.987. The van der Waals surface area contributed by atoms with Gasteiger partial charge in [0.1, 0.15) is 42.7 Å². The van der Waals surface area contributed by atoms with Gasteiger partial charge >= 0.3 is 0 Å². The van der Waals surface area contributed by atoms with Gasteiger partial charge in [-0.05, 0) is 124 Å². The topological polar surface area (TPSA) is 228 Å². The summed E-state index contributed by atoms with van der Waals surface area (Å²) in [5.41, 5.74) is -2.64. The van der Waals surface area contributed by atoms with Crippen LogP contribution in [0.5, 0.6) is 0 Å². The molecule has 8 aliphatic rings. The van der Waals surface area contributed by atoms with E-state index >= 15 is 0 Å². The fraction of sp³-hybridized carbons (Fsp3) is 1.00. The summed E-state index contributed by atoms with van der Waals surface area (Å²) in [6, 6.07) is 0. The quantitative estimate of drug-likeness (QED) is 0.165. The Morgan fingerprint density at radius 3 is 2.00 bits per heavy atom. The molecule has 22 atom stereocenters. The molecular formula is C42H70O14. The molecule has 3 aliphatic heterocycles. The molecule has 0 radical (unpaired) electrons. The van der Waals surface area contributed by atoms with E-state index in [1.165, 1.54) is 6.92 Å². The standard InChI is InChI=1S/C42H70O14/c1-19-26(46)27(47)29(49)34(52-19)55-31-22(17-43)53-35(30(50)28(31)48)54-24-10-12-42-18-41(42)14-13-38(6)33(40(8)11-9-25(56-40)37(4,5)51)21(45)16-39(38,7)23(41)15-20(44)32(42)36(24,2)3/h19-35,43-51H,9-18H2,1-8H3/t19-,20-,21-,22+,23-,24-,25-,26-,27+,28+,29+,30+,31+,32-,33-,34-,35-,38+,39-,40+,41-,42+/m0/s1. The van der Waals surface area contributed by atoms with Gasteiger partial charge in [0.05, 0.1) is 48.3 Å². The fourth-order valence-corrected chi connectivity index (χ4v) is 15.1. The van der Waals surface area contributed by atoms with Gasteiger partial charge in [-0.2, -0.15) is 0 Å². The smallest absolute Gasteiger partial charge is 0.187 e. The summed E-state index contributed by atoms with van der Waals surface area (Å²) >= 11 is 0. The molecule has 8 fully saturated rings. The maximum absolute atomic E-state index is 12.4. The highest BCUT2D eigenvalue weighted by molar-refractivity contribution is 5.33. The molecule has 322 valence electrons. The minimum absolute atomic E-state index is 0.0194. The molecule has 5 saturated carbocycles. The van der Waals surface area contributed by atoms with E-state index in [9.17, 15) is 46.0 Å². The summed E-state index contributed by atoms with van der Waals surface area (Å²) in [5, 5.41) is 99.0. The van der Waals surface area contributed by atoms with Crippen molar-refractivity contribution in [2.45, 2.75) is 210 Å². The van der Waals surface area contributed by atoms with Crippen molar-refractivity contribution in [3.8, 4) is 0 Å². The van der Waals surface area contributed by atoms with E-state index < -0.39 is 103 Å². The van der Waals surface area contributed by atoms with Crippen molar-refractivity contribution in [2.75, 3.05) is 6.61 Å². The Bertz CT molecular complexity index is 1490. The lowest BCUT2D eigenvalue weighted by Crippen LogP contribution is -2.65. The van der Waals surface area contributed by atoms with E-state index in [-0.39, 0.29) is 45.5 Å². The highest BCUT2D eigenvalue weighted by atomic mass is 16.7. The minimum atomic E-state index is -1.65. The molecule has 0 aromatic rings. The van der Waals surface area contributed by atoms with Crippen LogP contribution in [0.4, 0.5) is 0 Å². The van der Waals surface area contributed by atoms with E-state index in [1.54, 1.807) is 13.8 Å². The van der Waals surface area contributed by atoms with Crippen LogP contribution in [-0.4, -0.2) is 150 Å². The van der Waals surface area contributed by atoms with Crippen LogP contribution >= 0.6 is 0 Å². The van der Waals surface area contributed by atoms with E-state index in [0.717, 1.165) is 38.5 Å². The van der Waals surface area contributed by atoms with Gasteiger partial charge in [-0.25, -0.2) is 0 Å². The summed E-state index contributed by atoms with van der Waals surface area (Å²) in [7, 11) is 0. The van der Waals surface area contributed by atoms with E-state index in [1.807, 2.05) is 0 Å². The van der Waals surface area contributed by atoms with Crippen molar-refractivity contribution in [3.05, 3.63) is 0 Å². The molecule has 3 heterocycles. The SMILES string of the molecule is C[C@@H]1O[C@@H](O[C@H]2[C@H](O)[C@@H](O)[C@H](O[C@H]3CC[C@]45C[C@]46CC[C@]4(C)[C@@H]([C@@]7(C)CC[C@@H](C(C)(C)O)O7)[C@@H](O)C[C@@]4(C)[C@@H]6C[C@H](O)[C@H]5C3(C)C)O[C@@H]2CO)[C@H](O)[C@H](O)[C@H]1O. The van der Waals surface area contributed by atoms with E-state index in [4.69, 9.17) is 23.7 Å². The third kappa shape index (κ3) is 5.71. The monoisotopic (exact) mass is 798 g/mol. The Kier molecular flexibility index (Phi) is 10.1. The number of ether oxygens (including phenoxy) is 5. The molecule has 9 N–H and O–H groups in total. The highest BCUT2D eigenvalue weighted by Gasteiger charge is 2.85. The molecule has 14 nitrogen and oxygen atoms in total. The Morgan fingerprint density at radius 1 is 0.696 bits per heavy atom. The maximum atomic E-state index is 12.4. The number of fused-ring (bicyclic) bond motifs is 2. The summed E-state index contributed by atoms with van der Waals surface area (Å²) in [6.45, 7) is 15.6. The zero-order valence-corrected chi connectivity index (χ0v) is 34.5. The normalized spacial score (nSPS) is 59.2. The van der Waals surface area contributed by atoms with Crippen LogP contribution in [0, 0.1) is 44.8 Å². The highest BCUT2D eigenvalue weighted by Crippen LogP contribution is 2.89. The molecule has 0 aromatic carbocycles. The molecule has 0 amide bonds. The van der Waals surface area contributed by atoms with E-state index in [2.05, 4.69) is 34.6 Å². The molecule has 3 saturated heterocycles. The second-order valence-corrected chi connectivity index (χ2v) is 21.5. The third-order valence-corrected chi connectivity index (χ3v) is 18.0. The Hall–Kier alpha value is -0.560. The fourth-order valence-electron chi connectivity index (χ4n) is 15.1. The minimum Gasteiger partial charge on any atom is -0.394 e. The number of aliphatic hydroxyl groups is 9. The van der Waals surface area contributed by atoms with Crippen molar-refractivity contribution in [2.24, 2.45) is 44.8 Å². The Labute approximate surface area is 330 Å². The zero-order chi connectivity index (χ0) is 40.9. The number of hydrogen-bond acceptors (Lipinski definition) is 14. The van der Waals surface area contributed by atoms with Crippen LogP contribution in [0.25, 0.3) is 0 Å². The van der Waals surface area contributed by atoms with Crippen LogP contribution in [0.2, 0.25) is 0 Å². The molecule has 0 aromatic heterocycles. The molecule has 8 rings (SSSR count). The van der Waals surface area contributed by atoms with E-state index in [0.29, 0.717) is 19.3 Å². The first kappa shape index (κ1) is 42.1. The summed E-state index contributed by atoms with van der Waals surface area (Å²) < 4.78 is 30.7. The first-order valence-electron chi connectivity index (χ1n) is 21.3. The largest absolute Gasteiger partial charge is 0.394 e. The third-order valence-electron chi connectivity index (χ3n) is 18.0. The van der Waals surface area contributed by atoms with Gasteiger partial charge in [0.15, 0.2) is 12.6 Å². The number of aliphatic hydroxyl groups excluding tert-OH is 8. The average molecular weight is 799 g/mol. The predicted molar refractivity (Wildman–Crippen MR) is 198 cm³/mol. The van der Waals surface area contributed by atoms with Gasteiger partial charge < -0.3 is 69.6 Å². The summed E-state index contributed by atoms with van der Waals surface area (Å²) in [6.07, 6.45) is -8.74. The van der Waals surface area contributed by atoms with Crippen molar-refractivity contribution in [1.29, 1.82) is 0 Å². The molecular weight excluding hydrogens is 728 g/mol. The molecule has 14 heteroatoms. The second-order valence-electron chi connectivity index (χ2n) is 21.5. The first-order chi connectivity index (χ1) is 25.9. The van der Waals surface area contributed by atoms with Crippen molar-refractivity contribution < 1.29 is 69.6 Å². The van der Waals surface area contributed by atoms with Crippen molar-refractivity contribution in [1.82, 2.24) is 0 Å². The van der Waals surface area contributed by atoms with Crippen LogP contribution in [0.15, 0.2) is 0 Å². The molecule has 5 aliphatic carbocycles. The lowest BCUT2D eigenvalue weighted by Gasteiger charge is -2.64. The molecule has 56 heavy (non-hydrogen) atoms. The van der Waals surface area contributed by atoms with Gasteiger partial charge in [0.2, 0.25) is 0 Å². The average Bonchev–Trinajstić information content (AvgIpc) is 3.47. The van der Waals surface area contributed by atoms with Gasteiger partial charge in [-0.1, -0.05) is 27.7 Å². The van der Waals surface area contributed by atoms with Gasteiger partial charge in [0.25, 0.3) is 0 Å². The van der Waals surface area contributed by atoms with Crippen LogP contribution in [-0.2, 0) is 23.7 Å². The second kappa shape index (κ2) is 13.5. The van der Waals surface area contributed by atoms with Crippen molar-refractivity contribution >= 4 is 0 Å².